The minimum Gasteiger partial charge on any atom is -0.793 e. The van der Waals surface area contributed by atoms with E-state index in [0.717, 1.165) is 0 Å². The summed E-state index contributed by atoms with van der Waals surface area (Å²) in [7, 11) is 0. The van der Waals surface area contributed by atoms with E-state index in [2.05, 4.69) is 0 Å². The third-order valence-electron chi connectivity index (χ3n) is 0.968. The van der Waals surface area contributed by atoms with Crippen LogP contribution in [0.15, 0.2) is 0 Å². The maximum Gasteiger partial charge on any atom is 1.00 e. The van der Waals surface area contributed by atoms with E-state index in [4.69, 9.17) is 21.1 Å². The SMILES string of the molecule is CCOCCSP([O-])(=S)OCC.[K+]. The molecule has 7 heteroatoms. The van der Waals surface area contributed by atoms with E-state index in [-0.39, 0.29) is 51.4 Å². The molecule has 0 bridgehead atoms. The van der Waals surface area contributed by atoms with Gasteiger partial charge in [-0.25, -0.2) is 0 Å². The molecule has 0 aromatic carbocycles. The predicted octanol–water partition coefficient (Wildman–Crippen LogP) is -1.62. The topological polar surface area (TPSA) is 41.5 Å². The van der Waals surface area contributed by atoms with Gasteiger partial charge < -0.3 is 14.2 Å². The summed E-state index contributed by atoms with van der Waals surface area (Å²) in [5, 5.41) is 0. The van der Waals surface area contributed by atoms with Crippen molar-refractivity contribution in [1.82, 2.24) is 0 Å². The van der Waals surface area contributed by atoms with Gasteiger partial charge in [-0.3, -0.25) is 0 Å². The van der Waals surface area contributed by atoms with Crippen LogP contribution in [0.3, 0.4) is 0 Å². The number of ether oxygens (including phenoxy) is 1. The molecule has 0 N–H and O–H groups in total. The zero-order valence-corrected chi connectivity index (χ0v) is 14.0. The molecule has 1 atom stereocenters. The minimum absolute atomic E-state index is 0. The van der Waals surface area contributed by atoms with Crippen LogP contribution in [0.4, 0.5) is 0 Å². The van der Waals surface area contributed by atoms with Crippen molar-refractivity contribution in [1.29, 1.82) is 0 Å². The average Bonchev–Trinajstić information content (AvgIpc) is 1.98. The molecule has 0 aliphatic heterocycles. The van der Waals surface area contributed by atoms with Gasteiger partial charge in [0.1, 0.15) is 0 Å². The molecule has 0 saturated carbocycles. The van der Waals surface area contributed by atoms with Gasteiger partial charge in [-0.2, -0.15) is 0 Å². The van der Waals surface area contributed by atoms with Gasteiger partial charge >= 0.3 is 51.4 Å². The number of hydrogen-bond donors (Lipinski definition) is 0. The molecule has 0 aromatic heterocycles. The fourth-order valence-corrected chi connectivity index (χ4v) is 3.78. The normalized spacial score (nSPS) is 14.7. The maximum atomic E-state index is 11.3. The van der Waals surface area contributed by atoms with Crippen molar-refractivity contribution >= 4 is 28.9 Å². The zero-order valence-electron chi connectivity index (χ0n) is 8.32. The van der Waals surface area contributed by atoms with Crippen molar-refractivity contribution in [2.24, 2.45) is 0 Å². The first-order chi connectivity index (χ1) is 5.62. The minimum atomic E-state index is -2.81. The molecule has 0 fully saturated rings. The van der Waals surface area contributed by atoms with Crippen LogP contribution in [-0.4, -0.2) is 25.6 Å². The summed E-state index contributed by atoms with van der Waals surface area (Å²) in [5.41, 5.74) is -2.81. The fourth-order valence-electron chi connectivity index (χ4n) is 0.548. The Morgan fingerprint density at radius 2 is 2.00 bits per heavy atom. The van der Waals surface area contributed by atoms with E-state index in [1.54, 1.807) is 6.92 Å². The molecule has 0 rings (SSSR count). The van der Waals surface area contributed by atoms with Crippen molar-refractivity contribution in [2.75, 3.05) is 25.6 Å². The number of hydrogen-bond acceptors (Lipinski definition) is 5. The molecule has 13 heavy (non-hydrogen) atoms. The van der Waals surface area contributed by atoms with Gasteiger partial charge in [0.25, 0.3) is 0 Å². The first-order valence-electron chi connectivity index (χ1n) is 3.80. The molecule has 0 radical (unpaired) electrons. The Hall–Kier alpha value is 2.52. The first-order valence-corrected chi connectivity index (χ1v) is 8.03. The molecular formula is C6H14KO3PS2. The van der Waals surface area contributed by atoms with Crippen LogP contribution in [-0.2, 0) is 21.1 Å². The molecule has 3 nitrogen and oxygen atoms in total. The molecule has 1 unspecified atom stereocenters. The van der Waals surface area contributed by atoms with Crippen molar-refractivity contribution in [3.8, 4) is 0 Å². The van der Waals surface area contributed by atoms with Gasteiger partial charge in [0.05, 0.1) is 6.61 Å². The Kier molecular flexibility index (Phi) is 15.2. The number of rotatable bonds is 7. The fraction of sp³-hybridized carbons (Fsp3) is 1.00. The van der Waals surface area contributed by atoms with E-state index < -0.39 is 5.69 Å². The van der Waals surface area contributed by atoms with Crippen molar-refractivity contribution in [3.05, 3.63) is 0 Å². The molecule has 0 spiro atoms. The predicted molar refractivity (Wildman–Crippen MR) is 54.9 cm³/mol. The third kappa shape index (κ3) is 12.4. The standard InChI is InChI=1S/C6H15O3PS2.K/c1-3-8-5-6-12-10(7,11)9-4-2;/h3-6H2,1-2H3,(H,7,11);/q;+1/p-1. The van der Waals surface area contributed by atoms with Crippen molar-refractivity contribution in [2.45, 2.75) is 13.8 Å². The van der Waals surface area contributed by atoms with Crippen LogP contribution in [0.2, 0.25) is 0 Å². The summed E-state index contributed by atoms with van der Waals surface area (Å²) in [6.45, 7) is 5.36. The summed E-state index contributed by atoms with van der Waals surface area (Å²) in [6, 6.07) is 0. The third-order valence-corrected chi connectivity index (χ3v) is 5.29. The van der Waals surface area contributed by atoms with Crippen LogP contribution in [0.25, 0.3) is 0 Å². The monoisotopic (exact) mass is 268 g/mol. The van der Waals surface area contributed by atoms with Gasteiger partial charge in [-0.05, 0) is 13.8 Å². The van der Waals surface area contributed by atoms with E-state index in [9.17, 15) is 4.89 Å². The second-order valence-electron chi connectivity index (χ2n) is 1.90. The maximum absolute atomic E-state index is 11.3. The zero-order chi connectivity index (χ0) is 9.45. The summed E-state index contributed by atoms with van der Waals surface area (Å²) >= 11 is 5.90. The Balaban J connectivity index is 0. The van der Waals surface area contributed by atoms with E-state index in [0.29, 0.717) is 25.6 Å². The van der Waals surface area contributed by atoms with E-state index in [1.807, 2.05) is 6.92 Å². The van der Waals surface area contributed by atoms with E-state index in [1.165, 1.54) is 11.4 Å². The Labute approximate surface area is 132 Å². The van der Waals surface area contributed by atoms with Crippen LogP contribution in [0, 0.1) is 0 Å². The second-order valence-corrected chi connectivity index (χ2v) is 8.07. The van der Waals surface area contributed by atoms with Gasteiger partial charge in [-0.1, -0.05) is 11.8 Å². The van der Waals surface area contributed by atoms with Gasteiger partial charge in [0.15, 0.2) is 0 Å². The molecule has 0 saturated heterocycles. The van der Waals surface area contributed by atoms with Crippen LogP contribution >= 0.6 is 17.1 Å². The largest absolute Gasteiger partial charge is 1.00 e. The summed E-state index contributed by atoms with van der Waals surface area (Å²) < 4.78 is 9.95. The Morgan fingerprint density at radius 3 is 2.46 bits per heavy atom. The first kappa shape index (κ1) is 17.9. The van der Waals surface area contributed by atoms with Gasteiger partial charge in [0.2, 0.25) is 0 Å². The molecule has 0 aromatic rings. The Bertz CT molecular complexity index is 159. The summed E-state index contributed by atoms with van der Waals surface area (Å²) in [6.07, 6.45) is 0. The summed E-state index contributed by atoms with van der Waals surface area (Å²) in [4.78, 5) is 11.3. The van der Waals surface area contributed by atoms with Crippen molar-refractivity contribution < 1.29 is 65.5 Å². The van der Waals surface area contributed by atoms with Crippen molar-refractivity contribution in [3.63, 3.8) is 0 Å². The summed E-state index contributed by atoms with van der Waals surface area (Å²) in [5.74, 6) is 0.634. The molecule has 0 aliphatic carbocycles. The smallest absolute Gasteiger partial charge is 0.793 e. The second kappa shape index (κ2) is 11.0. The van der Waals surface area contributed by atoms with Gasteiger partial charge in [-0.15, -0.1) is 11.4 Å². The molecular weight excluding hydrogens is 254 g/mol. The van der Waals surface area contributed by atoms with Crippen LogP contribution in [0.1, 0.15) is 13.8 Å². The molecule has 0 aliphatic rings. The molecule has 0 heterocycles. The van der Waals surface area contributed by atoms with Crippen LogP contribution in [0.5, 0.6) is 0 Å². The quantitative estimate of drug-likeness (QED) is 0.315. The Morgan fingerprint density at radius 1 is 1.38 bits per heavy atom. The van der Waals surface area contributed by atoms with Gasteiger partial charge in [0, 0.05) is 24.7 Å². The van der Waals surface area contributed by atoms with Crippen LogP contribution < -0.4 is 56.3 Å². The molecule has 0 amide bonds. The molecule has 74 valence electrons. The van der Waals surface area contributed by atoms with E-state index >= 15 is 0 Å². The average molecular weight is 268 g/mol.